The van der Waals surface area contributed by atoms with E-state index in [2.05, 4.69) is 29.7 Å². The van der Waals surface area contributed by atoms with Crippen LogP contribution in [0.25, 0.3) is 0 Å². The number of halogens is 1. The van der Waals surface area contributed by atoms with Crippen molar-refractivity contribution in [3.63, 3.8) is 0 Å². The van der Waals surface area contributed by atoms with Gasteiger partial charge < -0.3 is 10.6 Å². The largest absolute Gasteiger partial charge is 0.324 e. The minimum atomic E-state index is -0.0996. The van der Waals surface area contributed by atoms with Gasteiger partial charge in [0.05, 0.1) is 17.3 Å². The first-order valence-electron chi connectivity index (χ1n) is 7.03. The fraction of sp³-hybridized carbons (Fsp3) is 0.235. The summed E-state index contributed by atoms with van der Waals surface area (Å²) in [6, 6.07) is 17.5. The SMILES string of the molecule is CCC(NCC(=O)Nc1ccccc1Cl)c1ccccc1. The van der Waals surface area contributed by atoms with Crippen LogP contribution in [0.1, 0.15) is 24.9 Å². The Morgan fingerprint density at radius 2 is 1.76 bits per heavy atom. The third kappa shape index (κ3) is 4.59. The number of amides is 1. The highest BCUT2D eigenvalue weighted by molar-refractivity contribution is 6.33. The van der Waals surface area contributed by atoms with Gasteiger partial charge in [0, 0.05) is 6.04 Å². The third-order valence-corrected chi connectivity index (χ3v) is 3.60. The summed E-state index contributed by atoms with van der Waals surface area (Å²) in [6.45, 7) is 2.34. The maximum atomic E-state index is 12.0. The van der Waals surface area contributed by atoms with Crippen molar-refractivity contribution in [2.75, 3.05) is 11.9 Å². The van der Waals surface area contributed by atoms with Gasteiger partial charge in [0.1, 0.15) is 0 Å². The molecule has 2 aromatic carbocycles. The van der Waals surface area contributed by atoms with E-state index in [1.807, 2.05) is 30.3 Å². The molecule has 0 spiro atoms. The Kier molecular flexibility index (Phi) is 5.78. The molecule has 2 rings (SSSR count). The average Bonchev–Trinajstić information content (AvgIpc) is 2.51. The summed E-state index contributed by atoms with van der Waals surface area (Å²) in [7, 11) is 0. The van der Waals surface area contributed by atoms with Gasteiger partial charge in [-0.2, -0.15) is 0 Å². The summed E-state index contributed by atoms with van der Waals surface area (Å²) >= 11 is 6.02. The number of hydrogen-bond acceptors (Lipinski definition) is 2. The first kappa shape index (κ1) is 15.5. The molecule has 0 heterocycles. The van der Waals surface area contributed by atoms with Crippen LogP contribution in [0.4, 0.5) is 5.69 Å². The molecule has 0 aliphatic rings. The highest BCUT2D eigenvalue weighted by Crippen LogP contribution is 2.20. The summed E-state index contributed by atoms with van der Waals surface area (Å²) in [5.41, 5.74) is 1.82. The van der Waals surface area contributed by atoms with E-state index in [4.69, 9.17) is 11.6 Å². The van der Waals surface area contributed by atoms with E-state index in [1.54, 1.807) is 12.1 Å². The molecule has 2 aromatic rings. The lowest BCUT2D eigenvalue weighted by atomic mass is 10.0. The molecule has 1 atom stereocenters. The molecule has 1 amide bonds. The first-order valence-corrected chi connectivity index (χ1v) is 7.41. The Morgan fingerprint density at radius 1 is 1.10 bits per heavy atom. The van der Waals surface area contributed by atoms with Gasteiger partial charge in [-0.05, 0) is 24.1 Å². The summed E-state index contributed by atoms with van der Waals surface area (Å²) < 4.78 is 0. The van der Waals surface area contributed by atoms with Crippen molar-refractivity contribution in [3.8, 4) is 0 Å². The molecular formula is C17H19ClN2O. The molecule has 0 aliphatic carbocycles. The van der Waals surface area contributed by atoms with Crippen molar-refractivity contribution in [2.45, 2.75) is 19.4 Å². The van der Waals surface area contributed by atoms with E-state index < -0.39 is 0 Å². The summed E-state index contributed by atoms with van der Waals surface area (Å²) in [5.74, 6) is -0.0996. The number of carbonyl (C=O) groups is 1. The number of para-hydroxylation sites is 1. The van der Waals surface area contributed by atoms with Gasteiger partial charge in [-0.25, -0.2) is 0 Å². The molecule has 2 N–H and O–H groups in total. The minimum Gasteiger partial charge on any atom is -0.324 e. The van der Waals surface area contributed by atoms with Gasteiger partial charge in [-0.1, -0.05) is 61.0 Å². The van der Waals surface area contributed by atoms with Gasteiger partial charge >= 0.3 is 0 Å². The summed E-state index contributed by atoms with van der Waals surface area (Å²) in [4.78, 5) is 12.0. The van der Waals surface area contributed by atoms with Gasteiger partial charge in [0.25, 0.3) is 0 Å². The second-order valence-corrected chi connectivity index (χ2v) is 5.19. The molecule has 0 bridgehead atoms. The molecule has 110 valence electrons. The Bertz CT molecular complexity index is 586. The lowest BCUT2D eigenvalue weighted by molar-refractivity contribution is -0.115. The highest BCUT2D eigenvalue weighted by Gasteiger charge is 2.11. The maximum Gasteiger partial charge on any atom is 0.238 e. The summed E-state index contributed by atoms with van der Waals surface area (Å²) in [5, 5.41) is 6.62. The maximum absolute atomic E-state index is 12.0. The average molecular weight is 303 g/mol. The number of anilines is 1. The molecule has 0 saturated carbocycles. The third-order valence-electron chi connectivity index (χ3n) is 3.27. The van der Waals surface area contributed by atoms with Gasteiger partial charge in [-0.3, -0.25) is 4.79 Å². The molecule has 4 heteroatoms. The van der Waals surface area contributed by atoms with Crippen LogP contribution in [0.2, 0.25) is 5.02 Å². The topological polar surface area (TPSA) is 41.1 Å². The Morgan fingerprint density at radius 3 is 2.43 bits per heavy atom. The zero-order valence-corrected chi connectivity index (χ0v) is 12.7. The monoisotopic (exact) mass is 302 g/mol. The van der Waals surface area contributed by atoms with E-state index in [0.717, 1.165) is 6.42 Å². The molecule has 0 fully saturated rings. The van der Waals surface area contributed by atoms with Crippen LogP contribution in [0.5, 0.6) is 0 Å². The van der Waals surface area contributed by atoms with Crippen molar-refractivity contribution in [3.05, 3.63) is 65.2 Å². The van der Waals surface area contributed by atoms with E-state index in [1.165, 1.54) is 5.56 Å². The van der Waals surface area contributed by atoms with Crippen LogP contribution in [-0.4, -0.2) is 12.5 Å². The van der Waals surface area contributed by atoms with Crippen molar-refractivity contribution >= 4 is 23.2 Å². The first-order chi connectivity index (χ1) is 10.2. The Hall–Kier alpha value is -1.84. The predicted octanol–water partition coefficient (Wildman–Crippen LogP) is 4.02. The molecule has 0 radical (unpaired) electrons. The van der Waals surface area contributed by atoms with Crippen molar-refractivity contribution in [1.82, 2.24) is 5.32 Å². The molecule has 0 aliphatic heterocycles. The number of nitrogens with one attached hydrogen (secondary N) is 2. The van der Waals surface area contributed by atoms with Crippen LogP contribution in [0.15, 0.2) is 54.6 Å². The van der Waals surface area contributed by atoms with Crippen LogP contribution in [-0.2, 0) is 4.79 Å². The van der Waals surface area contributed by atoms with Crippen LogP contribution >= 0.6 is 11.6 Å². The standard InChI is InChI=1S/C17H19ClN2O/c1-2-15(13-8-4-3-5-9-13)19-12-17(21)20-16-11-7-6-10-14(16)18/h3-11,15,19H,2,12H2,1H3,(H,20,21). The number of hydrogen-bond donors (Lipinski definition) is 2. The smallest absolute Gasteiger partial charge is 0.238 e. The normalized spacial score (nSPS) is 11.9. The van der Waals surface area contributed by atoms with Crippen molar-refractivity contribution < 1.29 is 4.79 Å². The highest BCUT2D eigenvalue weighted by atomic mass is 35.5. The van der Waals surface area contributed by atoms with Crippen molar-refractivity contribution in [1.29, 1.82) is 0 Å². The molecule has 21 heavy (non-hydrogen) atoms. The minimum absolute atomic E-state index is 0.0996. The number of benzene rings is 2. The van der Waals surface area contributed by atoms with Crippen LogP contribution in [0, 0.1) is 0 Å². The second kappa shape index (κ2) is 7.81. The summed E-state index contributed by atoms with van der Waals surface area (Å²) in [6.07, 6.45) is 0.920. The van der Waals surface area contributed by atoms with Gasteiger partial charge in [0.2, 0.25) is 5.91 Å². The zero-order chi connectivity index (χ0) is 15.1. The molecule has 0 aromatic heterocycles. The van der Waals surface area contributed by atoms with Crippen molar-refractivity contribution in [2.24, 2.45) is 0 Å². The lowest BCUT2D eigenvalue weighted by Crippen LogP contribution is -2.31. The fourth-order valence-electron chi connectivity index (χ4n) is 2.16. The Balaban J connectivity index is 1.90. The molecule has 3 nitrogen and oxygen atoms in total. The number of carbonyl (C=O) groups excluding carboxylic acids is 1. The molecule has 0 saturated heterocycles. The van der Waals surface area contributed by atoms with E-state index in [0.29, 0.717) is 10.7 Å². The molecular weight excluding hydrogens is 284 g/mol. The lowest BCUT2D eigenvalue weighted by Gasteiger charge is -2.17. The van der Waals surface area contributed by atoms with Gasteiger partial charge in [-0.15, -0.1) is 0 Å². The van der Waals surface area contributed by atoms with E-state index >= 15 is 0 Å². The zero-order valence-electron chi connectivity index (χ0n) is 12.0. The van der Waals surface area contributed by atoms with E-state index in [9.17, 15) is 4.79 Å². The predicted molar refractivity (Wildman–Crippen MR) is 87.6 cm³/mol. The molecule has 1 unspecified atom stereocenters. The van der Waals surface area contributed by atoms with Crippen LogP contribution < -0.4 is 10.6 Å². The van der Waals surface area contributed by atoms with Gasteiger partial charge in [0.15, 0.2) is 0 Å². The van der Waals surface area contributed by atoms with Crippen LogP contribution in [0.3, 0.4) is 0 Å². The second-order valence-electron chi connectivity index (χ2n) is 4.78. The fourth-order valence-corrected chi connectivity index (χ4v) is 2.34. The van der Waals surface area contributed by atoms with E-state index in [-0.39, 0.29) is 18.5 Å². The Labute approximate surface area is 130 Å². The number of rotatable bonds is 6. The quantitative estimate of drug-likeness (QED) is 0.846.